The van der Waals surface area contributed by atoms with Crippen LogP contribution in [0.3, 0.4) is 0 Å². The van der Waals surface area contributed by atoms with E-state index in [0.717, 1.165) is 38.5 Å². The van der Waals surface area contributed by atoms with Gasteiger partial charge in [0.2, 0.25) is 5.95 Å². The van der Waals surface area contributed by atoms with Crippen LogP contribution in [-0.2, 0) is 6.42 Å². The van der Waals surface area contributed by atoms with Crippen molar-refractivity contribution < 1.29 is 0 Å². The summed E-state index contributed by atoms with van der Waals surface area (Å²) in [5.41, 5.74) is 2.46. The molecule has 1 saturated heterocycles. The van der Waals surface area contributed by atoms with Crippen LogP contribution in [0.5, 0.6) is 0 Å². The van der Waals surface area contributed by atoms with Gasteiger partial charge in [-0.15, -0.1) is 0 Å². The first kappa shape index (κ1) is 11.0. The van der Waals surface area contributed by atoms with E-state index in [0.29, 0.717) is 5.92 Å². The number of nitrogens with one attached hydrogen (secondary N) is 1. The Labute approximate surface area is 102 Å². The summed E-state index contributed by atoms with van der Waals surface area (Å²) < 4.78 is 0. The minimum Gasteiger partial charge on any atom is -0.338 e. The van der Waals surface area contributed by atoms with Crippen LogP contribution >= 0.6 is 0 Å². The molecule has 1 N–H and O–H groups in total. The molecule has 2 aliphatic rings. The number of hydrogen-bond acceptors (Lipinski definition) is 4. The largest absolute Gasteiger partial charge is 0.338 e. The Bertz CT molecular complexity index is 394. The summed E-state index contributed by atoms with van der Waals surface area (Å²) in [6.07, 6.45) is 3.61. The van der Waals surface area contributed by atoms with Crippen molar-refractivity contribution in [3.05, 3.63) is 17.5 Å². The third kappa shape index (κ3) is 2.41. The Morgan fingerprint density at radius 1 is 1.29 bits per heavy atom. The van der Waals surface area contributed by atoms with Gasteiger partial charge in [-0.25, -0.2) is 9.97 Å². The first-order valence-corrected chi connectivity index (χ1v) is 6.70. The van der Waals surface area contributed by atoms with Crippen molar-refractivity contribution in [2.45, 2.75) is 32.1 Å². The number of aryl methyl sites for hydroxylation is 1. The number of anilines is 1. The maximum atomic E-state index is 4.75. The van der Waals surface area contributed by atoms with E-state index in [2.05, 4.69) is 28.2 Å². The number of aromatic nitrogens is 2. The molecule has 0 unspecified atom stereocenters. The van der Waals surface area contributed by atoms with E-state index in [1.54, 1.807) is 0 Å². The van der Waals surface area contributed by atoms with Crippen molar-refractivity contribution in [2.24, 2.45) is 0 Å². The fourth-order valence-electron chi connectivity index (χ4n) is 2.28. The van der Waals surface area contributed by atoms with Gasteiger partial charge in [0, 0.05) is 43.5 Å². The Morgan fingerprint density at radius 2 is 2.06 bits per heavy atom. The second kappa shape index (κ2) is 4.61. The van der Waals surface area contributed by atoms with Crippen LogP contribution in [0, 0.1) is 0 Å². The van der Waals surface area contributed by atoms with Gasteiger partial charge in [-0.3, -0.25) is 0 Å². The van der Waals surface area contributed by atoms with E-state index in [9.17, 15) is 0 Å². The predicted molar refractivity (Wildman–Crippen MR) is 68.5 cm³/mol. The smallest absolute Gasteiger partial charge is 0.225 e. The molecule has 2 heterocycles. The lowest BCUT2D eigenvalue weighted by molar-refractivity contribution is 0.578. The highest BCUT2D eigenvalue weighted by Crippen LogP contribution is 2.39. The number of piperazine rings is 1. The van der Waals surface area contributed by atoms with Crippen molar-refractivity contribution in [3.8, 4) is 0 Å². The summed E-state index contributed by atoms with van der Waals surface area (Å²) in [5.74, 6) is 1.66. The molecule has 3 rings (SSSR count). The van der Waals surface area contributed by atoms with Gasteiger partial charge in [0.25, 0.3) is 0 Å². The lowest BCUT2D eigenvalue weighted by Gasteiger charge is -2.28. The Hall–Kier alpha value is -1.16. The highest BCUT2D eigenvalue weighted by molar-refractivity contribution is 5.35. The Balaban J connectivity index is 1.88. The monoisotopic (exact) mass is 232 g/mol. The summed E-state index contributed by atoms with van der Waals surface area (Å²) in [6, 6.07) is 2.20. The van der Waals surface area contributed by atoms with Crippen LogP contribution < -0.4 is 10.2 Å². The molecule has 1 aromatic rings. The van der Waals surface area contributed by atoms with Gasteiger partial charge in [-0.05, 0) is 25.3 Å². The van der Waals surface area contributed by atoms with Crippen LogP contribution in [-0.4, -0.2) is 36.1 Å². The topological polar surface area (TPSA) is 41.1 Å². The van der Waals surface area contributed by atoms with Gasteiger partial charge in [0.1, 0.15) is 0 Å². The van der Waals surface area contributed by atoms with E-state index in [4.69, 9.17) is 4.98 Å². The molecule has 4 nitrogen and oxygen atoms in total. The lowest BCUT2D eigenvalue weighted by atomic mass is 10.2. The van der Waals surface area contributed by atoms with Crippen molar-refractivity contribution in [1.82, 2.24) is 15.3 Å². The quantitative estimate of drug-likeness (QED) is 0.853. The normalized spacial score (nSPS) is 20.6. The number of hydrogen-bond donors (Lipinski definition) is 1. The zero-order valence-corrected chi connectivity index (χ0v) is 10.4. The third-order valence-corrected chi connectivity index (χ3v) is 3.54. The molecular formula is C13H20N4. The summed E-state index contributed by atoms with van der Waals surface area (Å²) >= 11 is 0. The third-order valence-electron chi connectivity index (χ3n) is 3.54. The van der Waals surface area contributed by atoms with E-state index < -0.39 is 0 Å². The summed E-state index contributed by atoms with van der Waals surface area (Å²) in [7, 11) is 0. The van der Waals surface area contributed by atoms with Crippen LogP contribution in [0.1, 0.15) is 37.1 Å². The van der Waals surface area contributed by atoms with Crippen molar-refractivity contribution in [1.29, 1.82) is 0 Å². The average Bonchev–Trinajstić information content (AvgIpc) is 3.23. The standard InChI is InChI=1S/C13H20N4/c1-2-11-9-12(10-3-4-10)16-13(15-11)17-7-5-14-6-8-17/h9-10,14H,2-8H2,1H3. The minimum atomic E-state index is 0.713. The molecule has 0 bridgehead atoms. The molecular weight excluding hydrogens is 212 g/mol. The van der Waals surface area contributed by atoms with Crippen molar-refractivity contribution >= 4 is 5.95 Å². The number of nitrogens with zero attached hydrogens (tertiary/aromatic N) is 3. The average molecular weight is 232 g/mol. The van der Waals surface area contributed by atoms with Gasteiger partial charge >= 0.3 is 0 Å². The van der Waals surface area contributed by atoms with Crippen LogP contribution in [0.2, 0.25) is 0 Å². The minimum absolute atomic E-state index is 0.713. The van der Waals surface area contributed by atoms with Gasteiger partial charge in [0.05, 0.1) is 0 Å². The molecule has 1 saturated carbocycles. The molecule has 0 spiro atoms. The molecule has 0 amide bonds. The first-order valence-electron chi connectivity index (χ1n) is 6.70. The molecule has 4 heteroatoms. The van der Waals surface area contributed by atoms with E-state index in [1.165, 1.54) is 24.2 Å². The van der Waals surface area contributed by atoms with Crippen molar-refractivity contribution in [3.63, 3.8) is 0 Å². The Morgan fingerprint density at radius 3 is 2.71 bits per heavy atom. The molecule has 17 heavy (non-hydrogen) atoms. The maximum Gasteiger partial charge on any atom is 0.225 e. The van der Waals surface area contributed by atoms with Crippen LogP contribution in [0.25, 0.3) is 0 Å². The van der Waals surface area contributed by atoms with E-state index in [-0.39, 0.29) is 0 Å². The summed E-state index contributed by atoms with van der Waals surface area (Å²) in [5, 5.41) is 3.37. The van der Waals surface area contributed by atoms with Gasteiger partial charge < -0.3 is 10.2 Å². The molecule has 2 fully saturated rings. The Kier molecular flexibility index (Phi) is 2.97. The summed E-state index contributed by atoms with van der Waals surface area (Å²) in [6.45, 7) is 6.30. The second-order valence-corrected chi connectivity index (χ2v) is 4.95. The molecule has 0 atom stereocenters. The van der Waals surface area contributed by atoms with Crippen LogP contribution in [0.15, 0.2) is 6.07 Å². The summed E-state index contributed by atoms with van der Waals surface area (Å²) in [4.78, 5) is 11.7. The molecule has 92 valence electrons. The molecule has 1 aliphatic carbocycles. The van der Waals surface area contributed by atoms with Gasteiger partial charge in [-0.1, -0.05) is 6.92 Å². The van der Waals surface area contributed by atoms with Crippen LogP contribution in [0.4, 0.5) is 5.95 Å². The fraction of sp³-hybridized carbons (Fsp3) is 0.692. The maximum absolute atomic E-state index is 4.75. The highest BCUT2D eigenvalue weighted by Gasteiger charge is 2.26. The van der Waals surface area contributed by atoms with Crippen molar-refractivity contribution in [2.75, 3.05) is 31.1 Å². The molecule has 1 aromatic heterocycles. The van der Waals surface area contributed by atoms with E-state index in [1.807, 2.05) is 0 Å². The zero-order chi connectivity index (χ0) is 11.7. The zero-order valence-electron chi connectivity index (χ0n) is 10.4. The second-order valence-electron chi connectivity index (χ2n) is 4.95. The molecule has 1 aliphatic heterocycles. The molecule has 0 aromatic carbocycles. The fourth-order valence-corrected chi connectivity index (χ4v) is 2.28. The number of rotatable bonds is 3. The first-order chi connectivity index (χ1) is 8.36. The van der Waals surface area contributed by atoms with Gasteiger partial charge in [-0.2, -0.15) is 0 Å². The van der Waals surface area contributed by atoms with Gasteiger partial charge in [0.15, 0.2) is 0 Å². The predicted octanol–water partition coefficient (Wildman–Crippen LogP) is 1.33. The lowest BCUT2D eigenvalue weighted by Crippen LogP contribution is -2.44. The SMILES string of the molecule is CCc1cc(C2CC2)nc(N2CCNCC2)n1. The molecule has 0 radical (unpaired) electrons. The van der Waals surface area contributed by atoms with E-state index >= 15 is 0 Å². The highest BCUT2D eigenvalue weighted by atomic mass is 15.3.